The monoisotopic (exact) mass is 376 g/mol. The number of nitrogens with one attached hydrogen (secondary N) is 1. The first-order valence-electron chi connectivity index (χ1n) is 8.89. The summed E-state index contributed by atoms with van der Waals surface area (Å²) in [6.45, 7) is 0. The van der Waals surface area contributed by atoms with E-state index in [1.54, 1.807) is 12.4 Å². The van der Waals surface area contributed by atoms with Crippen LogP contribution in [0.5, 0.6) is 0 Å². The Kier molecular flexibility index (Phi) is 4.98. The highest BCUT2D eigenvalue weighted by Crippen LogP contribution is 2.25. The van der Waals surface area contributed by atoms with Gasteiger partial charge in [-0.05, 0) is 36.6 Å². The molecule has 27 heavy (non-hydrogen) atoms. The molecule has 6 heteroatoms. The fraction of sp³-hybridized carbons (Fsp3) is 0.190. The maximum Gasteiger partial charge on any atom is 0.226 e. The number of aromatic nitrogens is 3. The Morgan fingerprint density at radius 3 is 2.85 bits per heavy atom. The number of nitrogens with zero attached hydrogens (tertiary/aromatic N) is 3. The Hall–Kier alpha value is -2.99. The van der Waals surface area contributed by atoms with Crippen LogP contribution in [-0.4, -0.2) is 20.4 Å². The molecule has 0 fully saturated rings. The standard InChI is InChI=1S/C21H20N4OS/c1-25-13-16(17-6-2-3-7-19(17)25)5-4-8-20(26)24-21-23-18(14-27-21)15-9-11-22-12-10-15/h2-3,6-7,9-14H,4-5,8H2,1H3,(H,23,24,26). The van der Waals surface area contributed by atoms with Crippen LogP contribution in [0.3, 0.4) is 0 Å². The molecule has 3 heterocycles. The van der Waals surface area contributed by atoms with E-state index in [4.69, 9.17) is 0 Å². The van der Waals surface area contributed by atoms with Crippen molar-refractivity contribution >= 4 is 33.3 Å². The average molecular weight is 376 g/mol. The molecular weight excluding hydrogens is 356 g/mol. The number of benzene rings is 1. The van der Waals surface area contributed by atoms with Gasteiger partial charge in [-0.3, -0.25) is 9.78 Å². The predicted molar refractivity (Wildman–Crippen MR) is 110 cm³/mol. The molecule has 4 aromatic rings. The van der Waals surface area contributed by atoms with E-state index in [-0.39, 0.29) is 5.91 Å². The first kappa shape index (κ1) is 17.4. The minimum atomic E-state index is 0.00543. The lowest BCUT2D eigenvalue weighted by molar-refractivity contribution is -0.116. The van der Waals surface area contributed by atoms with Crippen molar-refractivity contribution in [1.82, 2.24) is 14.5 Å². The first-order valence-corrected chi connectivity index (χ1v) is 9.77. The van der Waals surface area contributed by atoms with Crippen LogP contribution in [0.15, 0.2) is 60.4 Å². The number of carbonyl (C=O) groups is 1. The molecule has 0 saturated heterocycles. The van der Waals surface area contributed by atoms with Crippen molar-refractivity contribution in [3.8, 4) is 11.3 Å². The number of hydrogen-bond donors (Lipinski definition) is 1. The third-order valence-corrected chi connectivity index (χ3v) is 5.31. The van der Waals surface area contributed by atoms with E-state index in [9.17, 15) is 4.79 Å². The van der Waals surface area contributed by atoms with Gasteiger partial charge in [-0.1, -0.05) is 18.2 Å². The van der Waals surface area contributed by atoms with E-state index >= 15 is 0 Å². The SMILES string of the molecule is Cn1cc(CCCC(=O)Nc2nc(-c3ccncc3)cs2)c2ccccc21. The van der Waals surface area contributed by atoms with Crippen molar-refractivity contribution in [2.45, 2.75) is 19.3 Å². The summed E-state index contributed by atoms with van der Waals surface area (Å²) in [5.41, 5.74) is 4.37. The molecular formula is C21H20N4OS. The van der Waals surface area contributed by atoms with Gasteiger partial charge in [-0.25, -0.2) is 4.98 Å². The van der Waals surface area contributed by atoms with Gasteiger partial charge in [0.05, 0.1) is 5.69 Å². The third-order valence-electron chi connectivity index (χ3n) is 4.56. The summed E-state index contributed by atoms with van der Waals surface area (Å²) in [5, 5.41) is 6.76. The minimum Gasteiger partial charge on any atom is -0.350 e. The van der Waals surface area contributed by atoms with E-state index in [0.29, 0.717) is 11.6 Å². The molecule has 1 aromatic carbocycles. The second kappa shape index (κ2) is 7.72. The first-order chi connectivity index (χ1) is 13.2. The predicted octanol–water partition coefficient (Wildman–Crippen LogP) is 4.66. The highest BCUT2D eigenvalue weighted by Gasteiger charge is 2.10. The lowest BCUT2D eigenvalue weighted by Gasteiger charge is -2.02. The maximum absolute atomic E-state index is 12.3. The van der Waals surface area contributed by atoms with Crippen LogP contribution in [-0.2, 0) is 18.3 Å². The van der Waals surface area contributed by atoms with Gasteiger partial charge < -0.3 is 9.88 Å². The molecule has 136 valence electrons. The molecule has 1 amide bonds. The van der Waals surface area contributed by atoms with E-state index < -0.39 is 0 Å². The van der Waals surface area contributed by atoms with Crippen LogP contribution in [0.1, 0.15) is 18.4 Å². The van der Waals surface area contributed by atoms with Crippen molar-refractivity contribution in [3.05, 3.63) is 65.9 Å². The number of pyridine rings is 1. The molecule has 0 spiro atoms. The lowest BCUT2D eigenvalue weighted by Crippen LogP contribution is -2.11. The number of fused-ring (bicyclic) bond motifs is 1. The summed E-state index contributed by atoms with van der Waals surface area (Å²) >= 11 is 1.44. The molecule has 0 aliphatic carbocycles. The number of rotatable bonds is 6. The molecule has 0 unspecified atom stereocenters. The third kappa shape index (κ3) is 3.90. The summed E-state index contributed by atoms with van der Waals surface area (Å²) in [6.07, 6.45) is 7.80. The van der Waals surface area contributed by atoms with Crippen LogP contribution in [0.2, 0.25) is 0 Å². The molecule has 5 nitrogen and oxygen atoms in total. The summed E-state index contributed by atoms with van der Waals surface area (Å²) < 4.78 is 2.14. The Labute approximate surface area is 161 Å². The van der Waals surface area contributed by atoms with Crippen molar-refractivity contribution < 1.29 is 4.79 Å². The van der Waals surface area contributed by atoms with Gasteiger partial charge in [0.15, 0.2) is 5.13 Å². The summed E-state index contributed by atoms with van der Waals surface area (Å²) in [4.78, 5) is 20.8. The minimum absolute atomic E-state index is 0.00543. The Morgan fingerprint density at radius 1 is 1.19 bits per heavy atom. The second-order valence-electron chi connectivity index (χ2n) is 6.46. The van der Waals surface area contributed by atoms with Crippen molar-refractivity contribution in [1.29, 1.82) is 0 Å². The quantitative estimate of drug-likeness (QED) is 0.532. The van der Waals surface area contributed by atoms with Gasteiger partial charge >= 0.3 is 0 Å². The van der Waals surface area contributed by atoms with Gasteiger partial charge in [-0.2, -0.15) is 0 Å². The molecule has 0 aliphatic rings. The number of thiazole rings is 1. The highest BCUT2D eigenvalue weighted by atomic mass is 32.1. The van der Waals surface area contributed by atoms with Gasteiger partial charge in [-0.15, -0.1) is 11.3 Å². The Balaban J connectivity index is 1.33. The van der Waals surface area contributed by atoms with Crippen LogP contribution in [0.25, 0.3) is 22.2 Å². The number of anilines is 1. The summed E-state index contributed by atoms with van der Waals surface area (Å²) in [6, 6.07) is 12.2. The molecule has 0 aliphatic heterocycles. The van der Waals surface area contributed by atoms with Crippen LogP contribution in [0.4, 0.5) is 5.13 Å². The highest BCUT2D eigenvalue weighted by molar-refractivity contribution is 7.14. The maximum atomic E-state index is 12.3. The molecule has 0 radical (unpaired) electrons. The van der Waals surface area contributed by atoms with Gasteiger partial charge in [0.1, 0.15) is 0 Å². The number of carbonyl (C=O) groups excluding carboxylic acids is 1. The normalized spacial score (nSPS) is 11.0. The van der Waals surface area contributed by atoms with Crippen LogP contribution >= 0.6 is 11.3 Å². The fourth-order valence-corrected chi connectivity index (χ4v) is 3.97. The van der Waals surface area contributed by atoms with E-state index in [1.807, 2.05) is 23.6 Å². The molecule has 1 N–H and O–H groups in total. The molecule has 3 aromatic heterocycles. The largest absolute Gasteiger partial charge is 0.350 e. The number of para-hydroxylation sites is 1. The zero-order valence-electron chi connectivity index (χ0n) is 15.1. The van der Waals surface area contributed by atoms with Gasteiger partial charge in [0.25, 0.3) is 0 Å². The summed E-state index contributed by atoms with van der Waals surface area (Å²) in [5.74, 6) is 0.00543. The molecule has 0 atom stereocenters. The van der Waals surface area contributed by atoms with Crippen LogP contribution in [0, 0.1) is 0 Å². The number of aryl methyl sites for hydroxylation is 2. The second-order valence-corrected chi connectivity index (χ2v) is 7.32. The average Bonchev–Trinajstić information content (AvgIpc) is 3.28. The zero-order valence-corrected chi connectivity index (χ0v) is 15.9. The van der Waals surface area contributed by atoms with Gasteiger partial charge in [0, 0.05) is 53.9 Å². The molecule has 0 bridgehead atoms. The topological polar surface area (TPSA) is 59.8 Å². The zero-order chi connectivity index (χ0) is 18.6. The number of amides is 1. The van der Waals surface area contributed by atoms with E-state index in [0.717, 1.165) is 24.1 Å². The number of hydrogen-bond acceptors (Lipinski definition) is 4. The Morgan fingerprint density at radius 2 is 2.00 bits per heavy atom. The summed E-state index contributed by atoms with van der Waals surface area (Å²) in [7, 11) is 2.06. The van der Waals surface area contributed by atoms with Crippen molar-refractivity contribution in [2.24, 2.45) is 7.05 Å². The Bertz CT molecular complexity index is 1070. The van der Waals surface area contributed by atoms with Crippen molar-refractivity contribution in [3.63, 3.8) is 0 Å². The van der Waals surface area contributed by atoms with Gasteiger partial charge in [0.2, 0.25) is 5.91 Å². The van der Waals surface area contributed by atoms with Crippen LogP contribution < -0.4 is 5.32 Å². The van der Waals surface area contributed by atoms with E-state index in [2.05, 4.69) is 51.3 Å². The smallest absolute Gasteiger partial charge is 0.226 e. The molecule has 4 rings (SSSR count). The lowest BCUT2D eigenvalue weighted by atomic mass is 10.1. The molecule has 0 saturated carbocycles. The van der Waals surface area contributed by atoms with Crippen molar-refractivity contribution in [2.75, 3.05) is 5.32 Å². The fourth-order valence-electron chi connectivity index (χ4n) is 3.23. The van der Waals surface area contributed by atoms with E-state index in [1.165, 1.54) is 27.8 Å².